The summed E-state index contributed by atoms with van der Waals surface area (Å²) < 4.78 is 30.9. The zero-order valence-corrected chi connectivity index (χ0v) is 8.41. The first-order valence-corrected chi connectivity index (χ1v) is 4.78. The number of halogens is 2. The smallest absolute Gasteiger partial charge is 0.295 e. The molecule has 0 saturated heterocycles. The number of rotatable bonds is 4. The SMILES string of the molecule is NCC(F)(F)CNc1nc2ccccc2o1. The summed E-state index contributed by atoms with van der Waals surface area (Å²) in [4.78, 5) is 4.00. The topological polar surface area (TPSA) is 64.1 Å². The van der Waals surface area contributed by atoms with Crippen LogP contribution >= 0.6 is 0 Å². The van der Waals surface area contributed by atoms with Crippen molar-refractivity contribution in [1.29, 1.82) is 0 Å². The number of nitrogens with one attached hydrogen (secondary N) is 1. The average molecular weight is 227 g/mol. The van der Waals surface area contributed by atoms with Crippen LogP contribution in [0.15, 0.2) is 28.7 Å². The molecule has 1 aromatic carbocycles. The van der Waals surface area contributed by atoms with Crippen molar-refractivity contribution in [2.45, 2.75) is 5.92 Å². The molecule has 2 aromatic rings. The predicted octanol–water partition coefficient (Wildman–Crippen LogP) is 1.83. The Morgan fingerprint density at radius 2 is 2.12 bits per heavy atom. The summed E-state index contributed by atoms with van der Waals surface area (Å²) >= 11 is 0. The first kappa shape index (κ1) is 10.8. The van der Waals surface area contributed by atoms with E-state index in [0.29, 0.717) is 11.1 Å². The van der Waals surface area contributed by atoms with Gasteiger partial charge in [-0.25, -0.2) is 8.78 Å². The van der Waals surface area contributed by atoms with Crippen LogP contribution in [0.3, 0.4) is 0 Å². The van der Waals surface area contributed by atoms with E-state index >= 15 is 0 Å². The van der Waals surface area contributed by atoms with E-state index in [1.807, 2.05) is 0 Å². The van der Waals surface area contributed by atoms with Crippen molar-refractivity contribution in [3.8, 4) is 0 Å². The van der Waals surface area contributed by atoms with E-state index in [1.165, 1.54) is 0 Å². The zero-order valence-electron chi connectivity index (χ0n) is 8.41. The fourth-order valence-corrected chi connectivity index (χ4v) is 1.22. The van der Waals surface area contributed by atoms with E-state index in [2.05, 4.69) is 10.3 Å². The Kier molecular flexibility index (Phi) is 2.74. The Hall–Kier alpha value is -1.69. The van der Waals surface area contributed by atoms with Crippen molar-refractivity contribution in [2.75, 3.05) is 18.4 Å². The molecule has 4 nitrogen and oxygen atoms in total. The molecule has 0 unspecified atom stereocenters. The van der Waals surface area contributed by atoms with Gasteiger partial charge in [-0.15, -0.1) is 0 Å². The van der Waals surface area contributed by atoms with Crippen molar-refractivity contribution in [2.24, 2.45) is 5.73 Å². The minimum absolute atomic E-state index is 0.0781. The van der Waals surface area contributed by atoms with E-state index < -0.39 is 19.0 Å². The van der Waals surface area contributed by atoms with Crippen LogP contribution in [-0.4, -0.2) is 24.0 Å². The maximum Gasteiger partial charge on any atom is 0.295 e. The van der Waals surface area contributed by atoms with Gasteiger partial charge in [-0.1, -0.05) is 12.1 Å². The Labute approximate surface area is 90.4 Å². The second kappa shape index (κ2) is 4.05. The van der Waals surface area contributed by atoms with Gasteiger partial charge >= 0.3 is 0 Å². The lowest BCUT2D eigenvalue weighted by atomic mass is 10.3. The maximum atomic E-state index is 12.8. The molecule has 0 fully saturated rings. The number of hydrogen-bond donors (Lipinski definition) is 2. The first-order chi connectivity index (χ1) is 7.61. The highest BCUT2D eigenvalue weighted by Crippen LogP contribution is 2.19. The van der Waals surface area contributed by atoms with Crippen LogP contribution in [-0.2, 0) is 0 Å². The quantitative estimate of drug-likeness (QED) is 0.836. The molecule has 1 heterocycles. The van der Waals surface area contributed by atoms with E-state index in [4.69, 9.17) is 10.2 Å². The van der Waals surface area contributed by atoms with Crippen molar-refractivity contribution in [1.82, 2.24) is 4.98 Å². The Balaban J connectivity index is 2.10. The average Bonchev–Trinajstić information content (AvgIpc) is 2.69. The largest absolute Gasteiger partial charge is 0.424 e. The van der Waals surface area contributed by atoms with Crippen LogP contribution in [0.4, 0.5) is 14.8 Å². The number of aromatic nitrogens is 1. The third-order valence-corrected chi connectivity index (χ3v) is 2.09. The van der Waals surface area contributed by atoms with E-state index in [9.17, 15) is 8.78 Å². The number of nitrogens with two attached hydrogens (primary N) is 1. The monoisotopic (exact) mass is 227 g/mol. The molecule has 6 heteroatoms. The summed E-state index contributed by atoms with van der Waals surface area (Å²) in [6.07, 6.45) is 0. The van der Waals surface area contributed by atoms with Crippen LogP contribution in [0.5, 0.6) is 0 Å². The van der Waals surface area contributed by atoms with Crippen molar-refractivity contribution in [3.63, 3.8) is 0 Å². The second-order valence-electron chi connectivity index (χ2n) is 3.40. The maximum absolute atomic E-state index is 12.8. The summed E-state index contributed by atoms with van der Waals surface area (Å²) in [6.45, 7) is -1.30. The lowest BCUT2D eigenvalue weighted by Crippen LogP contribution is -2.35. The molecule has 86 valence electrons. The lowest BCUT2D eigenvalue weighted by Gasteiger charge is -2.12. The summed E-state index contributed by atoms with van der Waals surface area (Å²) in [5, 5.41) is 2.42. The summed E-state index contributed by atoms with van der Waals surface area (Å²) in [7, 11) is 0. The highest BCUT2D eigenvalue weighted by Gasteiger charge is 2.26. The molecule has 0 saturated carbocycles. The van der Waals surface area contributed by atoms with Gasteiger partial charge in [0, 0.05) is 0 Å². The summed E-state index contributed by atoms with van der Waals surface area (Å²) in [5.74, 6) is -2.96. The van der Waals surface area contributed by atoms with Gasteiger partial charge < -0.3 is 15.5 Å². The minimum atomic E-state index is -2.96. The van der Waals surface area contributed by atoms with E-state index in [1.54, 1.807) is 24.3 Å². The number of benzene rings is 1. The molecule has 0 radical (unpaired) electrons. The van der Waals surface area contributed by atoms with E-state index in [-0.39, 0.29) is 6.01 Å². The molecule has 0 aliphatic carbocycles. The molecule has 3 N–H and O–H groups in total. The van der Waals surface area contributed by atoms with Gasteiger partial charge in [-0.3, -0.25) is 0 Å². The zero-order chi connectivity index (χ0) is 11.6. The highest BCUT2D eigenvalue weighted by molar-refractivity contribution is 5.74. The molecule has 0 atom stereocenters. The van der Waals surface area contributed by atoms with Gasteiger partial charge in [-0.2, -0.15) is 4.98 Å². The van der Waals surface area contributed by atoms with Gasteiger partial charge in [0.2, 0.25) is 0 Å². The van der Waals surface area contributed by atoms with Gasteiger partial charge in [0.05, 0.1) is 13.1 Å². The number of alkyl halides is 2. The third-order valence-electron chi connectivity index (χ3n) is 2.09. The summed E-state index contributed by atoms with van der Waals surface area (Å²) in [6, 6.07) is 7.11. The van der Waals surface area contributed by atoms with Crippen LogP contribution in [0.2, 0.25) is 0 Å². The van der Waals surface area contributed by atoms with Crippen LogP contribution in [0.25, 0.3) is 11.1 Å². The molecular formula is C10H11F2N3O. The minimum Gasteiger partial charge on any atom is -0.424 e. The molecule has 2 rings (SSSR count). The molecule has 0 spiro atoms. The number of fused-ring (bicyclic) bond motifs is 1. The standard InChI is InChI=1S/C10H11F2N3O/c11-10(12,5-13)6-14-9-15-7-3-1-2-4-8(7)16-9/h1-4H,5-6,13H2,(H,14,15). The fraction of sp³-hybridized carbons (Fsp3) is 0.300. The Bertz CT molecular complexity index is 451. The fourth-order valence-electron chi connectivity index (χ4n) is 1.22. The Morgan fingerprint density at radius 1 is 1.38 bits per heavy atom. The van der Waals surface area contributed by atoms with Crippen LogP contribution < -0.4 is 11.1 Å². The van der Waals surface area contributed by atoms with Gasteiger partial charge in [-0.05, 0) is 12.1 Å². The lowest BCUT2D eigenvalue weighted by molar-refractivity contribution is 0.0249. The number of nitrogens with zero attached hydrogens (tertiary/aromatic N) is 1. The van der Waals surface area contributed by atoms with Gasteiger partial charge in [0.25, 0.3) is 11.9 Å². The molecule has 16 heavy (non-hydrogen) atoms. The second-order valence-corrected chi connectivity index (χ2v) is 3.40. The van der Waals surface area contributed by atoms with Gasteiger partial charge in [0.1, 0.15) is 5.52 Å². The number of anilines is 1. The third kappa shape index (κ3) is 2.27. The van der Waals surface area contributed by atoms with E-state index in [0.717, 1.165) is 0 Å². The molecule has 0 aliphatic heterocycles. The molecule has 0 aliphatic rings. The predicted molar refractivity (Wildman–Crippen MR) is 56.5 cm³/mol. The molecule has 1 aromatic heterocycles. The number of hydrogen-bond acceptors (Lipinski definition) is 4. The van der Waals surface area contributed by atoms with Crippen molar-refractivity contribution in [3.05, 3.63) is 24.3 Å². The normalized spacial score (nSPS) is 11.9. The molecule has 0 amide bonds. The van der Waals surface area contributed by atoms with Crippen LogP contribution in [0, 0.1) is 0 Å². The molecule has 0 bridgehead atoms. The van der Waals surface area contributed by atoms with Crippen molar-refractivity contribution < 1.29 is 13.2 Å². The Morgan fingerprint density at radius 3 is 2.81 bits per heavy atom. The van der Waals surface area contributed by atoms with Gasteiger partial charge in [0.15, 0.2) is 5.58 Å². The number of para-hydroxylation sites is 2. The number of oxazole rings is 1. The first-order valence-electron chi connectivity index (χ1n) is 4.78. The summed E-state index contributed by atoms with van der Waals surface area (Å²) in [5.41, 5.74) is 6.09. The van der Waals surface area contributed by atoms with Crippen molar-refractivity contribution >= 4 is 17.1 Å². The highest BCUT2D eigenvalue weighted by atomic mass is 19.3. The molecular weight excluding hydrogens is 216 g/mol. The van der Waals surface area contributed by atoms with Crippen LogP contribution in [0.1, 0.15) is 0 Å².